The number of fused-ring (bicyclic) bond motifs is 2. The number of carboxylic acid groups (broad SMARTS) is 1. The molecule has 13 nitrogen and oxygen atoms in total. The van der Waals surface area contributed by atoms with Crippen molar-refractivity contribution in [1.82, 2.24) is 9.97 Å². The molecule has 13 heteroatoms. The molecule has 0 saturated heterocycles. The van der Waals surface area contributed by atoms with Crippen molar-refractivity contribution in [2.24, 2.45) is 0 Å². The molecule has 2 aromatic carbocycles. The molecule has 0 radical (unpaired) electrons. The van der Waals surface area contributed by atoms with Gasteiger partial charge in [-0.15, -0.1) is 0 Å². The van der Waals surface area contributed by atoms with E-state index < -0.39 is 32.2 Å². The number of aromatic amines is 2. The first-order chi connectivity index (χ1) is 16.0. The van der Waals surface area contributed by atoms with Crippen LogP contribution in [0.25, 0.3) is 21.8 Å². The molecule has 0 unspecified atom stereocenters. The van der Waals surface area contributed by atoms with Crippen LogP contribution < -0.4 is 10.9 Å². The molecule has 0 saturated carbocycles. The molecular formula is C21H14N4O9. The molecule has 2 heterocycles. The maximum atomic E-state index is 11.9. The fourth-order valence-corrected chi connectivity index (χ4v) is 3.20. The van der Waals surface area contributed by atoms with E-state index in [-0.39, 0.29) is 44.5 Å². The summed E-state index contributed by atoms with van der Waals surface area (Å²) in [6.07, 6.45) is 2.17. The number of ketones is 1. The Balaban J connectivity index is 0.000000191. The molecule has 0 aliphatic heterocycles. The SMILES string of the molecule is CC(=O)c1c[nH]c2c([N+](=O)[O-])cccc2c1=O.O=C(O)c1c[nH]c2c([N+](=O)[O-])cccc2c1=O. The number of hydrogen-bond acceptors (Lipinski definition) is 8. The highest BCUT2D eigenvalue weighted by atomic mass is 16.6. The summed E-state index contributed by atoms with van der Waals surface area (Å²) in [6.45, 7) is 1.27. The molecule has 0 fully saturated rings. The van der Waals surface area contributed by atoms with Gasteiger partial charge in [0.2, 0.25) is 5.43 Å². The number of nitro benzene ring substituents is 2. The molecular weight excluding hydrogens is 452 g/mol. The smallest absolute Gasteiger partial charge is 0.341 e. The molecule has 0 spiro atoms. The first kappa shape index (κ1) is 23.5. The number of carbonyl (C=O) groups is 2. The predicted molar refractivity (Wildman–Crippen MR) is 119 cm³/mol. The number of pyridine rings is 2. The second kappa shape index (κ2) is 9.12. The number of hydrogen-bond donors (Lipinski definition) is 3. The van der Waals surface area contributed by atoms with Gasteiger partial charge in [0.05, 0.1) is 26.2 Å². The van der Waals surface area contributed by atoms with E-state index in [0.29, 0.717) is 0 Å². The fraction of sp³-hybridized carbons (Fsp3) is 0.0476. The minimum Gasteiger partial charge on any atom is -0.477 e. The summed E-state index contributed by atoms with van der Waals surface area (Å²) in [4.78, 5) is 70.9. The largest absolute Gasteiger partial charge is 0.477 e. The Morgan fingerprint density at radius 1 is 0.794 bits per heavy atom. The van der Waals surface area contributed by atoms with Crippen LogP contribution in [0.1, 0.15) is 27.6 Å². The third-order valence-electron chi connectivity index (χ3n) is 4.79. The van der Waals surface area contributed by atoms with Gasteiger partial charge in [-0.05, 0) is 19.1 Å². The Labute approximate surface area is 187 Å². The summed E-state index contributed by atoms with van der Waals surface area (Å²) in [7, 11) is 0. The molecule has 3 N–H and O–H groups in total. The molecule has 0 aliphatic rings. The topological polar surface area (TPSA) is 206 Å². The highest BCUT2D eigenvalue weighted by molar-refractivity contribution is 5.98. The standard InChI is InChI=1S/C11H8N2O4.C10H6N2O5/c1-6(14)8-5-12-10-7(11(8)15)3-2-4-9(10)13(16)17;13-9-5-2-1-3-7(12(16)17)8(5)11-4-6(9)10(14)15/h2-5H,1H3,(H,12,15);1-4H,(H,11,13)(H,14,15). The highest BCUT2D eigenvalue weighted by Gasteiger charge is 2.18. The number of rotatable bonds is 4. The number of nitrogens with one attached hydrogen (secondary N) is 2. The van der Waals surface area contributed by atoms with E-state index in [1.165, 1.54) is 49.5 Å². The van der Waals surface area contributed by atoms with Crippen molar-refractivity contribution in [2.45, 2.75) is 6.92 Å². The van der Waals surface area contributed by atoms with Gasteiger partial charge in [0.25, 0.3) is 11.4 Å². The predicted octanol–water partition coefficient (Wildman–Crippen LogP) is 2.77. The van der Waals surface area contributed by atoms with Gasteiger partial charge in [-0.25, -0.2) is 4.79 Å². The summed E-state index contributed by atoms with van der Waals surface area (Å²) in [5, 5.41) is 30.4. The molecule has 0 bridgehead atoms. The zero-order valence-electron chi connectivity index (χ0n) is 17.2. The normalized spacial score (nSPS) is 10.4. The Morgan fingerprint density at radius 2 is 1.21 bits per heavy atom. The zero-order chi connectivity index (χ0) is 25.2. The Hall–Kier alpha value is -5.20. The van der Waals surface area contributed by atoms with Crippen molar-refractivity contribution >= 4 is 44.9 Å². The van der Waals surface area contributed by atoms with Crippen molar-refractivity contribution < 1.29 is 24.5 Å². The van der Waals surface area contributed by atoms with Gasteiger partial charge >= 0.3 is 5.97 Å². The number of para-hydroxylation sites is 2. The van der Waals surface area contributed by atoms with Crippen molar-refractivity contribution in [2.75, 3.05) is 0 Å². The van der Waals surface area contributed by atoms with Gasteiger partial charge in [0, 0.05) is 24.5 Å². The Morgan fingerprint density at radius 3 is 1.59 bits per heavy atom. The minimum atomic E-state index is -1.38. The third-order valence-corrected chi connectivity index (χ3v) is 4.79. The van der Waals surface area contributed by atoms with Gasteiger partial charge in [0.1, 0.15) is 16.6 Å². The first-order valence-corrected chi connectivity index (χ1v) is 9.36. The van der Waals surface area contributed by atoms with Crippen LogP contribution in [-0.4, -0.2) is 36.7 Å². The molecule has 4 rings (SSSR count). The van der Waals surface area contributed by atoms with Crippen LogP contribution in [0.4, 0.5) is 11.4 Å². The van der Waals surface area contributed by atoms with Crippen LogP contribution in [0, 0.1) is 20.2 Å². The number of nitrogens with zero attached hydrogens (tertiary/aromatic N) is 2. The molecule has 2 aromatic heterocycles. The maximum Gasteiger partial charge on any atom is 0.341 e. The Bertz CT molecular complexity index is 1500. The van der Waals surface area contributed by atoms with Crippen molar-refractivity contribution in [1.29, 1.82) is 0 Å². The molecule has 34 heavy (non-hydrogen) atoms. The summed E-state index contributed by atoms with van der Waals surface area (Å²) >= 11 is 0. The van der Waals surface area contributed by atoms with E-state index in [4.69, 9.17) is 5.11 Å². The fourth-order valence-electron chi connectivity index (χ4n) is 3.20. The summed E-state index contributed by atoms with van der Waals surface area (Å²) < 4.78 is 0. The molecule has 0 atom stereocenters. The van der Waals surface area contributed by atoms with Gasteiger partial charge in [0.15, 0.2) is 11.2 Å². The van der Waals surface area contributed by atoms with E-state index in [0.717, 1.165) is 6.20 Å². The summed E-state index contributed by atoms with van der Waals surface area (Å²) in [6, 6.07) is 8.08. The lowest BCUT2D eigenvalue weighted by Crippen LogP contribution is -2.15. The van der Waals surface area contributed by atoms with Crippen LogP contribution in [0.5, 0.6) is 0 Å². The number of nitro groups is 2. The minimum absolute atomic E-state index is 0.00185. The van der Waals surface area contributed by atoms with Crippen molar-refractivity contribution in [3.63, 3.8) is 0 Å². The number of carbonyl (C=O) groups excluding carboxylic acids is 1. The molecule has 4 aromatic rings. The summed E-state index contributed by atoms with van der Waals surface area (Å²) in [5.74, 6) is -1.75. The highest BCUT2D eigenvalue weighted by Crippen LogP contribution is 2.22. The number of H-pyrrole nitrogens is 2. The summed E-state index contributed by atoms with van der Waals surface area (Å²) in [5.41, 5.74) is -1.98. The van der Waals surface area contributed by atoms with Gasteiger partial charge < -0.3 is 15.1 Å². The van der Waals surface area contributed by atoms with Gasteiger partial charge in [-0.2, -0.15) is 0 Å². The van der Waals surface area contributed by atoms with Crippen LogP contribution in [0.2, 0.25) is 0 Å². The number of aromatic nitrogens is 2. The lowest BCUT2D eigenvalue weighted by molar-refractivity contribution is -0.383. The second-order valence-electron chi connectivity index (χ2n) is 6.84. The lowest BCUT2D eigenvalue weighted by atomic mass is 10.1. The maximum absolute atomic E-state index is 11.9. The number of Topliss-reactive ketones (excluding diaryl/α,β-unsaturated/α-hetero) is 1. The number of benzene rings is 2. The molecule has 172 valence electrons. The van der Waals surface area contributed by atoms with Gasteiger partial charge in [-0.1, -0.05) is 12.1 Å². The van der Waals surface area contributed by atoms with E-state index in [1.54, 1.807) is 0 Å². The van der Waals surface area contributed by atoms with E-state index in [9.17, 15) is 39.4 Å². The monoisotopic (exact) mass is 466 g/mol. The average Bonchev–Trinajstić information content (AvgIpc) is 2.78. The van der Waals surface area contributed by atoms with Gasteiger partial charge in [-0.3, -0.25) is 34.6 Å². The van der Waals surface area contributed by atoms with E-state index >= 15 is 0 Å². The lowest BCUT2D eigenvalue weighted by Gasteiger charge is -2.01. The average molecular weight is 466 g/mol. The van der Waals surface area contributed by atoms with E-state index in [2.05, 4.69) is 9.97 Å². The molecule has 0 aliphatic carbocycles. The van der Waals surface area contributed by atoms with E-state index in [1.807, 2.05) is 0 Å². The Kier molecular flexibility index (Phi) is 6.29. The first-order valence-electron chi connectivity index (χ1n) is 9.36. The second-order valence-corrected chi connectivity index (χ2v) is 6.84. The number of aromatic carboxylic acids is 1. The third kappa shape index (κ3) is 4.25. The quantitative estimate of drug-likeness (QED) is 0.229. The number of carboxylic acids is 1. The zero-order valence-corrected chi connectivity index (χ0v) is 17.2. The van der Waals surface area contributed by atoms with Crippen LogP contribution in [-0.2, 0) is 0 Å². The van der Waals surface area contributed by atoms with Crippen LogP contribution in [0.3, 0.4) is 0 Å². The number of non-ortho nitro benzene ring substituents is 2. The van der Waals surface area contributed by atoms with Crippen molar-refractivity contribution in [3.05, 3.63) is 101 Å². The van der Waals surface area contributed by atoms with Crippen LogP contribution in [0.15, 0.2) is 58.4 Å². The van der Waals surface area contributed by atoms with Crippen molar-refractivity contribution in [3.8, 4) is 0 Å². The van der Waals surface area contributed by atoms with Crippen LogP contribution >= 0.6 is 0 Å². The molecule has 0 amide bonds.